The summed E-state index contributed by atoms with van der Waals surface area (Å²) in [6.07, 6.45) is 2.14. The SMILES string of the molecule is Nc1nnc(C2CCCOC2)cc1Cl. The molecule has 1 aliphatic heterocycles. The highest BCUT2D eigenvalue weighted by Crippen LogP contribution is 2.26. The molecular weight excluding hydrogens is 202 g/mol. The molecule has 1 fully saturated rings. The Labute approximate surface area is 87.4 Å². The third-order valence-corrected chi connectivity index (χ3v) is 2.67. The van der Waals surface area contributed by atoms with E-state index in [2.05, 4.69) is 10.2 Å². The second-order valence-corrected chi connectivity index (χ2v) is 3.82. The van der Waals surface area contributed by atoms with Crippen LogP contribution in [0.1, 0.15) is 24.5 Å². The van der Waals surface area contributed by atoms with Crippen molar-refractivity contribution in [3.63, 3.8) is 0 Å². The van der Waals surface area contributed by atoms with Crippen molar-refractivity contribution in [3.8, 4) is 0 Å². The van der Waals surface area contributed by atoms with Gasteiger partial charge >= 0.3 is 0 Å². The maximum Gasteiger partial charge on any atom is 0.164 e. The number of anilines is 1. The van der Waals surface area contributed by atoms with Crippen molar-refractivity contribution in [2.45, 2.75) is 18.8 Å². The van der Waals surface area contributed by atoms with Crippen LogP contribution in [0.5, 0.6) is 0 Å². The lowest BCUT2D eigenvalue weighted by atomic mass is 9.98. The van der Waals surface area contributed by atoms with Crippen LogP contribution in [0.25, 0.3) is 0 Å². The maximum atomic E-state index is 5.86. The summed E-state index contributed by atoms with van der Waals surface area (Å²) in [5, 5.41) is 8.29. The van der Waals surface area contributed by atoms with E-state index >= 15 is 0 Å². The molecular formula is C9H12ClN3O. The number of nitrogen functional groups attached to an aromatic ring is 1. The lowest BCUT2D eigenvalue weighted by Gasteiger charge is -2.21. The van der Waals surface area contributed by atoms with Crippen LogP contribution in [0.2, 0.25) is 5.02 Å². The second kappa shape index (κ2) is 4.11. The minimum absolute atomic E-state index is 0.284. The molecule has 1 atom stereocenters. The van der Waals surface area contributed by atoms with Crippen LogP contribution in [0.4, 0.5) is 5.82 Å². The molecule has 1 aliphatic rings. The van der Waals surface area contributed by atoms with Gasteiger partial charge in [0.1, 0.15) is 0 Å². The quantitative estimate of drug-likeness (QED) is 0.770. The zero-order valence-electron chi connectivity index (χ0n) is 7.74. The van der Waals surface area contributed by atoms with Gasteiger partial charge in [0.05, 0.1) is 17.3 Å². The number of halogens is 1. The summed E-state index contributed by atoms with van der Waals surface area (Å²) in [6.45, 7) is 1.54. The summed E-state index contributed by atoms with van der Waals surface area (Å²) in [4.78, 5) is 0. The largest absolute Gasteiger partial charge is 0.381 e. The molecule has 1 saturated heterocycles. The molecule has 0 spiro atoms. The lowest BCUT2D eigenvalue weighted by molar-refractivity contribution is 0.0791. The number of hydrogen-bond acceptors (Lipinski definition) is 4. The van der Waals surface area contributed by atoms with Gasteiger partial charge in [-0.3, -0.25) is 0 Å². The molecule has 1 aromatic rings. The van der Waals surface area contributed by atoms with Crippen molar-refractivity contribution in [1.29, 1.82) is 0 Å². The number of aromatic nitrogens is 2. The zero-order chi connectivity index (χ0) is 9.97. The molecule has 2 N–H and O–H groups in total. The van der Waals surface area contributed by atoms with Crippen molar-refractivity contribution in [2.75, 3.05) is 18.9 Å². The molecule has 76 valence electrons. The third-order valence-electron chi connectivity index (χ3n) is 2.37. The Hall–Kier alpha value is -0.870. The summed E-state index contributed by atoms with van der Waals surface area (Å²) in [5.41, 5.74) is 6.36. The van der Waals surface area contributed by atoms with Gasteiger partial charge in [-0.15, -0.1) is 5.10 Å². The molecule has 0 radical (unpaired) electrons. The predicted molar refractivity (Wildman–Crippen MR) is 54.2 cm³/mol. The van der Waals surface area contributed by atoms with Gasteiger partial charge in [-0.2, -0.15) is 5.10 Å². The number of hydrogen-bond donors (Lipinski definition) is 1. The van der Waals surface area contributed by atoms with E-state index in [0.717, 1.165) is 25.1 Å². The van der Waals surface area contributed by atoms with Crippen LogP contribution < -0.4 is 5.73 Å². The Morgan fingerprint density at radius 3 is 3.00 bits per heavy atom. The number of nitrogens with two attached hydrogens (primary N) is 1. The van der Waals surface area contributed by atoms with Gasteiger partial charge < -0.3 is 10.5 Å². The van der Waals surface area contributed by atoms with E-state index in [0.29, 0.717) is 17.5 Å². The maximum absolute atomic E-state index is 5.86. The average Bonchev–Trinajstić information content (AvgIpc) is 2.23. The van der Waals surface area contributed by atoms with E-state index in [1.807, 2.05) is 0 Å². The summed E-state index contributed by atoms with van der Waals surface area (Å²) in [5.74, 6) is 0.599. The summed E-state index contributed by atoms with van der Waals surface area (Å²) < 4.78 is 5.36. The highest BCUT2D eigenvalue weighted by molar-refractivity contribution is 6.32. The smallest absolute Gasteiger partial charge is 0.164 e. The number of nitrogens with zero attached hydrogens (tertiary/aromatic N) is 2. The Morgan fingerprint density at radius 1 is 1.50 bits per heavy atom. The lowest BCUT2D eigenvalue weighted by Crippen LogP contribution is -2.17. The molecule has 0 aromatic carbocycles. The van der Waals surface area contributed by atoms with E-state index in [4.69, 9.17) is 22.1 Å². The van der Waals surface area contributed by atoms with Gasteiger partial charge in [0, 0.05) is 12.5 Å². The Balaban J connectivity index is 2.18. The molecule has 5 heteroatoms. The third kappa shape index (κ3) is 1.96. The van der Waals surface area contributed by atoms with Gasteiger partial charge in [-0.25, -0.2) is 0 Å². The molecule has 0 aliphatic carbocycles. The zero-order valence-corrected chi connectivity index (χ0v) is 8.50. The van der Waals surface area contributed by atoms with E-state index in [1.54, 1.807) is 6.07 Å². The Morgan fingerprint density at radius 2 is 2.36 bits per heavy atom. The number of ether oxygens (including phenoxy) is 1. The second-order valence-electron chi connectivity index (χ2n) is 3.42. The molecule has 0 bridgehead atoms. The summed E-state index contributed by atoms with van der Waals surface area (Å²) in [6, 6.07) is 1.78. The van der Waals surface area contributed by atoms with Crippen molar-refractivity contribution < 1.29 is 4.74 Å². The monoisotopic (exact) mass is 213 g/mol. The van der Waals surface area contributed by atoms with Crippen LogP contribution in [0.3, 0.4) is 0 Å². The number of rotatable bonds is 1. The predicted octanol–water partition coefficient (Wildman–Crippen LogP) is 1.61. The molecule has 14 heavy (non-hydrogen) atoms. The molecule has 2 rings (SSSR count). The summed E-state index contributed by atoms with van der Waals surface area (Å²) in [7, 11) is 0. The molecule has 0 saturated carbocycles. The van der Waals surface area contributed by atoms with E-state index in [1.165, 1.54) is 0 Å². The first-order valence-electron chi connectivity index (χ1n) is 4.63. The standard InChI is InChI=1S/C9H12ClN3O/c10-7-4-8(12-13-9(7)11)6-2-1-3-14-5-6/h4,6H,1-3,5H2,(H2,11,13). The van der Waals surface area contributed by atoms with Crippen LogP contribution in [0.15, 0.2) is 6.07 Å². The fourth-order valence-electron chi connectivity index (χ4n) is 1.57. The average molecular weight is 214 g/mol. The molecule has 2 heterocycles. The van der Waals surface area contributed by atoms with E-state index in [-0.39, 0.29) is 5.82 Å². The Bertz CT molecular complexity index is 326. The van der Waals surface area contributed by atoms with Crippen molar-refractivity contribution in [2.24, 2.45) is 0 Å². The van der Waals surface area contributed by atoms with Gasteiger partial charge in [0.15, 0.2) is 5.82 Å². The van der Waals surface area contributed by atoms with Gasteiger partial charge in [-0.1, -0.05) is 11.6 Å². The minimum atomic E-state index is 0.284. The molecule has 1 aromatic heterocycles. The van der Waals surface area contributed by atoms with E-state index < -0.39 is 0 Å². The van der Waals surface area contributed by atoms with Crippen molar-refractivity contribution in [3.05, 3.63) is 16.8 Å². The molecule has 0 amide bonds. The van der Waals surface area contributed by atoms with Gasteiger partial charge in [-0.05, 0) is 18.9 Å². The first-order chi connectivity index (χ1) is 6.77. The van der Waals surface area contributed by atoms with Crippen LogP contribution in [-0.4, -0.2) is 23.4 Å². The highest BCUT2D eigenvalue weighted by atomic mass is 35.5. The first kappa shape index (κ1) is 9.68. The highest BCUT2D eigenvalue weighted by Gasteiger charge is 2.18. The van der Waals surface area contributed by atoms with E-state index in [9.17, 15) is 0 Å². The van der Waals surface area contributed by atoms with Crippen LogP contribution in [0, 0.1) is 0 Å². The van der Waals surface area contributed by atoms with Crippen molar-refractivity contribution >= 4 is 17.4 Å². The summed E-state index contributed by atoms with van der Waals surface area (Å²) >= 11 is 5.86. The first-order valence-corrected chi connectivity index (χ1v) is 5.01. The van der Waals surface area contributed by atoms with Crippen LogP contribution in [-0.2, 0) is 4.74 Å². The molecule has 4 nitrogen and oxygen atoms in total. The van der Waals surface area contributed by atoms with Crippen molar-refractivity contribution in [1.82, 2.24) is 10.2 Å². The Kier molecular flexibility index (Phi) is 2.84. The minimum Gasteiger partial charge on any atom is -0.381 e. The normalized spacial score (nSPS) is 22.2. The topological polar surface area (TPSA) is 61.0 Å². The van der Waals surface area contributed by atoms with Gasteiger partial charge in [0.25, 0.3) is 0 Å². The fraction of sp³-hybridized carbons (Fsp3) is 0.556. The fourth-order valence-corrected chi connectivity index (χ4v) is 1.72. The molecule has 1 unspecified atom stereocenters. The van der Waals surface area contributed by atoms with Gasteiger partial charge in [0.2, 0.25) is 0 Å². The van der Waals surface area contributed by atoms with Crippen LogP contribution >= 0.6 is 11.6 Å².